The Bertz CT molecular complexity index is 448. The summed E-state index contributed by atoms with van der Waals surface area (Å²) < 4.78 is 43.6. The molecule has 0 aromatic carbocycles. The van der Waals surface area contributed by atoms with Gasteiger partial charge in [0.1, 0.15) is 11.5 Å². The van der Waals surface area contributed by atoms with E-state index in [9.17, 15) is 13.2 Å². The van der Waals surface area contributed by atoms with Gasteiger partial charge in [-0.3, -0.25) is 4.90 Å². The number of hydrogen-bond acceptors (Lipinski definition) is 3. The van der Waals surface area contributed by atoms with Crippen molar-refractivity contribution < 1.29 is 17.6 Å². The van der Waals surface area contributed by atoms with E-state index < -0.39 is 12.1 Å². The fourth-order valence-electron chi connectivity index (χ4n) is 2.74. The molecular formula is C15H23F3N2O. The molecule has 120 valence electrons. The van der Waals surface area contributed by atoms with Crippen LogP contribution in [0.5, 0.6) is 0 Å². The first-order chi connectivity index (χ1) is 9.90. The minimum Gasteiger partial charge on any atom is -0.465 e. The zero-order valence-electron chi connectivity index (χ0n) is 12.6. The summed E-state index contributed by atoms with van der Waals surface area (Å²) in [7, 11) is 0. The molecule has 3 nitrogen and oxygen atoms in total. The summed E-state index contributed by atoms with van der Waals surface area (Å²) in [5.41, 5.74) is 1.08. The molecule has 0 unspecified atom stereocenters. The van der Waals surface area contributed by atoms with Gasteiger partial charge in [-0.2, -0.15) is 13.2 Å². The first-order valence-electron chi connectivity index (χ1n) is 7.48. The summed E-state index contributed by atoms with van der Waals surface area (Å²) >= 11 is 0. The molecule has 0 atom stereocenters. The molecule has 1 aromatic heterocycles. The fourth-order valence-corrected chi connectivity index (χ4v) is 2.74. The number of halogens is 3. The average molecular weight is 304 g/mol. The van der Waals surface area contributed by atoms with Gasteiger partial charge in [-0.25, -0.2) is 0 Å². The second-order valence-corrected chi connectivity index (χ2v) is 5.67. The van der Waals surface area contributed by atoms with Gasteiger partial charge >= 0.3 is 6.18 Å². The summed E-state index contributed by atoms with van der Waals surface area (Å²) in [6, 6.07) is 2.01. The van der Waals surface area contributed by atoms with E-state index in [4.69, 9.17) is 4.42 Å². The summed E-state index contributed by atoms with van der Waals surface area (Å²) in [4.78, 5) is 2.08. The third kappa shape index (κ3) is 4.48. The van der Waals surface area contributed by atoms with Crippen LogP contribution in [-0.2, 0) is 13.1 Å². The van der Waals surface area contributed by atoms with Gasteiger partial charge in [-0.05, 0) is 45.5 Å². The molecule has 0 spiro atoms. The summed E-state index contributed by atoms with van der Waals surface area (Å²) in [6.07, 6.45) is -3.65. The van der Waals surface area contributed by atoms with E-state index in [2.05, 4.69) is 10.2 Å². The predicted octanol–water partition coefficient (Wildman–Crippen LogP) is 3.47. The number of hydrogen-bond donors (Lipinski definition) is 1. The third-order valence-electron chi connectivity index (χ3n) is 4.07. The standard InChI is InChI=1S/C15H23F3N2O/c1-3-19-9-14-8-12(11(2)21-14)10-20-6-4-13(5-7-20)15(16,17)18/h8,13,19H,3-7,9-10H2,1-2H3. The molecule has 21 heavy (non-hydrogen) atoms. The first kappa shape index (κ1) is 16.4. The zero-order valence-corrected chi connectivity index (χ0v) is 12.6. The lowest BCUT2D eigenvalue weighted by atomic mass is 9.96. The van der Waals surface area contributed by atoms with E-state index in [0.717, 1.165) is 23.6 Å². The SMILES string of the molecule is CCNCc1cc(CN2CCC(C(F)(F)F)CC2)c(C)o1. The van der Waals surface area contributed by atoms with Gasteiger partial charge in [0.2, 0.25) is 0 Å². The Morgan fingerprint density at radius 2 is 2.00 bits per heavy atom. The van der Waals surface area contributed by atoms with E-state index >= 15 is 0 Å². The van der Waals surface area contributed by atoms with Crippen LogP contribution in [0.4, 0.5) is 13.2 Å². The molecule has 0 aliphatic carbocycles. The highest BCUT2D eigenvalue weighted by Gasteiger charge is 2.41. The molecule has 6 heteroatoms. The molecule has 1 N–H and O–H groups in total. The predicted molar refractivity (Wildman–Crippen MR) is 74.9 cm³/mol. The molecule has 2 heterocycles. The molecular weight excluding hydrogens is 281 g/mol. The molecule has 2 rings (SSSR count). The van der Waals surface area contributed by atoms with Crippen molar-refractivity contribution in [2.45, 2.75) is 46.0 Å². The summed E-state index contributed by atoms with van der Waals surface area (Å²) in [5, 5.41) is 3.20. The zero-order chi connectivity index (χ0) is 15.5. The van der Waals surface area contributed by atoms with E-state index in [1.807, 2.05) is 19.9 Å². The molecule has 0 radical (unpaired) electrons. The van der Waals surface area contributed by atoms with E-state index in [0.29, 0.717) is 26.2 Å². The molecule has 1 fully saturated rings. The number of likely N-dealkylation sites (tertiary alicyclic amines) is 1. The van der Waals surface area contributed by atoms with Crippen molar-refractivity contribution in [1.82, 2.24) is 10.2 Å². The normalized spacial score (nSPS) is 18.3. The lowest BCUT2D eigenvalue weighted by Gasteiger charge is -2.32. The van der Waals surface area contributed by atoms with Crippen LogP contribution < -0.4 is 5.32 Å². The largest absolute Gasteiger partial charge is 0.465 e. The van der Waals surface area contributed by atoms with E-state index in [1.165, 1.54) is 0 Å². The van der Waals surface area contributed by atoms with Crippen LogP contribution in [0.3, 0.4) is 0 Å². The number of aryl methyl sites for hydroxylation is 1. The van der Waals surface area contributed by atoms with Gasteiger partial charge in [-0.15, -0.1) is 0 Å². The van der Waals surface area contributed by atoms with Crippen molar-refractivity contribution in [2.24, 2.45) is 5.92 Å². The quantitative estimate of drug-likeness (QED) is 0.903. The third-order valence-corrected chi connectivity index (χ3v) is 4.07. The van der Waals surface area contributed by atoms with Crippen molar-refractivity contribution in [3.05, 3.63) is 23.2 Å². The number of piperidine rings is 1. The summed E-state index contributed by atoms with van der Waals surface area (Å²) in [6.45, 7) is 7.17. The number of rotatable bonds is 5. The Morgan fingerprint density at radius 1 is 1.33 bits per heavy atom. The smallest absolute Gasteiger partial charge is 0.391 e. The maximum absolute atomic E-state index is 12.6. The Morgan fingerprint density at radius 3 is 2.57 bits per heavy atom. The highest BCUT2D eigenvalue weighted by atomic mass is 19.4. The van der Waals surface area contributed by atoms with Crippen molar-refractivity contribution in [1.29, 1.82) is 0 Å². The molecule has 1 aliphatic rings. The topological polar surface area (TPSA) is 28.4 Å². The first-order valence-corrected chi connectivity index (χ1v) is 7.48. The average Bonchev–Trinajstić information content (AvgIpc) is 2.76. The van der Waals surface area contributed by atoms with Crippen molar-refractivity contribution >= 4 is 0 Å². The lowest BCUT2D eigenvalue weighted by Crippen LogP contribution is -2.38. The monoisotopic (exact) mass is 304 g/mol. The van der Waals surface area contributed by atoms with E-state index in [1.54, 1.807) is 0 Å². The maximum atomic E-state index is 12.6. The van der Waals surface area contributed by atoms with Gasteiger partial charge in [-0.1, -0.05) is 6.92 Å². The molecule has 1 saturated heterocycles. The van der Waals surface area contributed by atoms with Gasteiger partial charge in [0.05, 0.1) is 12.5 Å². The van der Waals surface area contributed by atoms with Crippen LogP contribution >= 0.6 is 0 Å². The van der Waals surface area contributed by atoms with Crippen LogP contribution in [0.25, 0.3) is 0 Å². The van der Waals surface area contributed by atoms with Gasteiger partial charge in [0.25, 0.3) is 0 Å². The Labute approximate surface area is 123 Å². The minimum atomic E-state index is -4.05. The Balaban J connectivity index is 1.87. The van der Waals surface area contributed by atoms with Crippen LogP contribution in [0.15, 0.2) is 10.5 Å². The number of nitrogens with one attached hydrogen (secondary N) is 1. The highest BCUT2D eigenvalue weighted by molar-refractivity contribution is 5.20. The molecule has 1 aliphatic heterocycles. The van der Waals surface area contributed by atoms with Crippen LogP contribution in [0.2, 0.25) is 0 Å². The van der Waals surface area contributed by atoms with Gasteiger partial charge in [0.15, 0.2) is 0 Å². The van der Waals surface area contributed by atoms with Crippen molar-refractivity contribution in [2.75, 3.05) is 19.6 Å². The Kier molecular flexibility index (Phi) is 5.32. The Hall–Kier alpha value is -1.01. The van der Waals surface area contributed by atoms with Crippen molar-refractivity contribution in [3.63, 3.8) is 0 Å². The second-order valence-electron chi connectivity index (χ2n) is 5.67. The van der Waals surface area contributed by atoms with Gasteiger partial charge in [0, 0.05) is 12.1 Å². The van der Waals surface area contributed by atoms with Crippen LogP contribution in [-0.4, -0.2) is 30.7 Å². The van der Waals surface area contributed by atoms with E-state index in [-0.39, 0.29) is 12.8 Å². The molecule has 1 aromatic rings. The number of alkyl halides is 3. The fraction of sp³-hybridized carbons (Fsp3) is 0.733. The number of furan rings is 1. The lowest BCUT2D eigenvalue weighted by molar-refractivity contribution is -0.185. The van der Waals surface area contributed by atoms with Crippen LogP contribution in [0.1, 0.15) is 36.8 Å². The summed E-state index contributed by atoms with van der Waals surface area (Å²) in [5.74, 6) is 0.610. The van der Waals surface area contributed by atoms with Gasteiger partial charge < -0.3 is 9.73 Å². The second kappa shape index (κ2) is 6.83. The highest BCUT2D eigenvalue weighted by Crippen LogP contribution is 2.34. The van der Waals surface area contributed by atoms with Crippen LogP contribution in [0, 0.1) is 12.8 Å². The maximum Gasteiger partial charge on any atom is 0.391 e. The van der Waals surface area contributed by atoms with Crippen molar-refractivity contribution in [3.8, 4) is 0 Å². The molecule has 0 saturated carbocycles. The molecule has 0 bridgehead atoms. The molecule has 0 amide bonds. The number of nitrogens with zero attached hydrogens (tertiary/aromatic N) is 1. The minimum absolute atomic E-state index is 0.199.